The van der Waals surface area contributed by atoms with Gasteiger partial charge in [-0.05, 0) is 25.2 Å². The number of aliphatic carboxylic acids is 1. The van der Waals surface area contributed by atoms with Crippen molar-refractivity contribution in [3.05, 3.63) is 0 Å². The summed E-state index contributed by atoms with van der Waals surface area (Å²) in [6.07, 6.45) is 1.64. The summed E-state index contributed by atoms with van der Waals surface area (Å²) in [5.74, 6) is -0.680. The van der Waals surface area contributed by atoms with Gasteiger partial charge in [0.05, 0.1) is 5.75 Å². The molecule has 0 aromatic carbocycles. The first kappa shape index (κ1) is 13.4. The summed E-state index contributed by atoms with van der Waals surface area (Å²) in [5, 5.41) is 8.92. The molecule has 1 N–H and O–H groups in total. The molecule has 94 valence electrons. The zero-order valence-corrected chi connectivity index (χ0v) is 10.5. The summed E-state index contributed by atoms with van der Waals surface area (Å²) in [4.78, 5) is 10.9. The number of hydrogen-bond donors (Lipinski definition) is 1. The third kappa shape index (κ3) is 3.18. The maximum absolute atomic E-state index is 11.9. The van der Waals surface area contributed by atoms with Crippen molar-refractivity contribution in [3.8, 4) is 0 Å². The highest BCUT2D eigenvalue weighted by Gasteiger charge is 2.38. The Labute approximate surface area is 96.5 Å². The molecule has 0 aromatic heterocycles. The quantitative estimate of drug-likeness (QED) is 0.786. The van der Waals surface area contributed by atoms with E-state index in [1.165, 1.54) is 0 Å². The van der Waals surface area contributed by atoms with Crippen LogP contribution in [0.5, 0.6) is 0 Å². The van der Waals surface area contributed by atoms with E-state index in [1.54, 1.807) is 0 Å². The van der Waals surface area contributed by atoms with Gasteiger partial charge in [0.15, 0.2) is 0 Å². The van der Waals surface area contributed by atoms with Crippen LogP contribution in [0.3, 0.4) is 0 Å². The van der Waals surface area contributed by atoms with Crippen LogP contribution in [0.1, 0.15) is 33.1 Å². The molecule has 1 heterocycles. The van der Waals surface area contributed by atoms with Gasteiger partial charge in [-0.2, -0.15) is 4.31 Å². The van der Waals surface area contributed by atoms with Crippen LogP contribution in [0.2, 0.25) is 0 Å². The molecule has 1 rings (SSSR count). The number of carboxylic acid groups (broad SMARTS) is 1. The van der Waals surface area contributed by atoms with E-state index in [-0.39, 0.29) is 5.75 Å². The maximum Gasteiger partial charge on any atom is 0.322 e. The molecule has 1 aliphatic heterocycles. The molecule has 0 bridgehead atoms. The van der Waals surface area contributed by atoms with Gasteiger partial charge >= 0.3 is 5.97 Å². The highest BCUT2D eigenvalue weighted by Crippen LogP contribution is 2.22. The van der Waals surface area contributed by atoms with Gasteiger partial charge in [0.25, 0.3) is 0 Å². The molecule has 5 nitrogen and oxygen atoms in total. The van der Waals surface area contributed by atoms with Gasteiger partial charge in [-0.25, -0.2) is 8.42 Å². The molecule has 0 aromatic rings. The fourth-order valence-electron chi connectivity index (χ4n) is 1.82. The highest BCUT2D eigenvalue weighted by molar-refractivity contribution is 7.89. The molecule has 0 aliphatic carbocycles. The molecule has 0 unspecified atom stereocenters. The summed E-state index contributed by atoms with van der Waals surface area (Å²) in [7, 11) is -3.40. The second-order valence-electron chi connectivity index (χ2n) is 4.61. The molecular formula is C10H19NO4S. The Morgan fingerprint density at radius 1 is 1.50 bits per heavy atom. The first-order chi connectivity index (χ1) is 7.34. The monoisotopic (exact) mass is 249 g/mol. The largest absolute Gasteiger partial charge is 0.480 e. The van der Waals surface area contributed by atoms with Gasteiger partial charge in [-0.1, -0.05) is 13.8 Å². The molecule has 0 spiro atoms. The van der Waals surface area contributed by atoms with Gasteiger partial charge in [0.2, 0.25) is 10.0 Å². The van der Waals surface area contributed by atoms with Gasteiger partial charge < -0.3 is 5.11 Å². The van der Waals surface area contributed by atoms with Gasteiger partial charge in [-0.3, -0.25) is 4.79 Å². The second kappa shape index (κ2) is 5.14. The number of carbonyl (C=O) groups is 1. The minimum Gasteiger partial charge on any atom is -0.480 e. The molecule has 6 heteroatoms. The number of rotatable bonds is 5. The van der Waals surface area contributed by atoms with E-state index in [9.17, 15) is 13.2 Å². The molecule has 16 heavy (non-hydrogen) atoms. The Kier molecular flexibility index (Phi) is 4.32. The Hall–Kier alpha value is -0.620. The van der Waals surface area contributed by atoms with E-state index in [2.05, 4.69) is 0 Å². The molecule has 1 fully saturated rings. The van der Waals surface area contributed by atoms with E-state index in [0.717, 1.165) is 4.31 Å². The van der Waals surface area contributed by atoms with Gasteiger partial charge in [0, 0.05) is 6.54 Å². The van der Waals surface area contributed by atoms with Crippen LogP contribution in [0.4, 0.5) is 0 Å². The third-order valence-corrected chi connectivity index (χ3v) is 4.70. The van der Waals surface area contributed by atoms with Crippen molar-refractivity contribution in [2.75, 3.05) is 12.3 Å². The fraction of sp³-hybridized carbons (Fsp3) is 0.900. The Morgan fingerprint density at radius 2 is 2.12 bits per heavy atom. The first-order valence-electron chi connectivity index (χ1n) is 5.57. The normalized spacial score (nSPS) is 22.8. The molecule has 1 atom stereocenters. The van der Waals surface area contributed by atoms with Crippen LogP contribution < -0.4 is 0 Å². The van der Waals surface area contributed by atoms with E-state index >= 15 is 0 Å². The molecule has 1 saturated heterocycles. The number of carboxylic acids is 1. The number of nitrogens with zero attached hydrogens (tertiary/aromatic N) is 1. The van der Waals surface area contributed by atoms with E-state index < -0.39 is 22.0 Å². The molecular weight excluding hydrogens is 230 g/mol. The lowest BCUT2D eigenvalue weighted by molar-refractivity contribution is -0.140. The van der Waals surface area contributed by atoms with Crippen LogP contribution in [0.15, 0.2) is 0 Å². The minimum absolute atomic E-state index is 0.0500. The van der Waals surface area contributed by atoms with Crippen LogP contribution in [-0.4, -0.2) is 42.1 Å². The van der Waals surface area contributed by atoms with Crippen LogP contribution in [0.25, 0.3) is 0 Å². The standard InChI is InChI=1S/C10H19NO4S/c1-8(2)5-7-16(14,15)11-6-3-4-9(11)10(12)13/h8-9H,3-7H2,1-2H3,(H,12,13)/t9-/m0/s1. The van der Waals surface area contributed by atoms with Gasteiger partial charge in [0.1, 0.15) is 6.04 Å². The molecule has 1 aliphatic rings. The average molecular weight is 249 g/mol. The van der Waals surface area contributed by atoms with Crippen molar-refractivity contribution in [1.29, 1.82) is 0 Å². The Morgan fingerprint density at radius 3 is 2.62 bits per heavy atom. The molecule has 0 radical (unpaired) electrons. The van der Waals surface area contributed by atoms with Crippen molar-refractivity contribution < 1.29 is 18.3 Å². The van der Waals surface area contributed by atoms with Crippen molar-refractivity contribution in [2.24, 2.45) is 5.92 Å². The Bertz CT molecular complexity index is 350. The predicted octanol–water partition coefficient (Wildman–Crippen LogP) is 0.911. The summed E-state index contributed by atoms with van der Waals surface area (Å²) in [5.41, 5.74) is 0. The average Bonchev–Trinajstić information content (AvgIpc) is 2.63. The SMILES string of the molecule is CC(C)CCS(=O)(=O)N1CCC[C@H]1C(=O)O. The van der Waals surface area contributed by atoms with Crippen LogP contribution in [-0.2, 0) is 14.8 Å². The van der Waals surface area contributed by atoms with Crippen molar-refractivity contribution in [2.45, 2.75) is 39.2 Å². The number of hydrogen-bond acceptors (Lipinski definition) is 3. The first-order valence-corrected chi connectivity index (χ1v) is 7.18. The third-order valence-electron chi connectivity index (χ3n) is 2.80. The maximum atomic E-state index is 11.9. The minimum atomic E-state index is -3.40. The van der Waals surface area contributed by atoms with Crippen LogP contribution in [0, 0.1) is 5.92 Å². The summed E-state index contributed by atoms with van der Waals surface area (Å²) in [6.45, 7) is 4.25. The zero-order valence-electron chi connectivity index (χ0n) is 9.72. The van der Waals surface area contributed by atoms with E-state index in [4.69, 9.17) is 5.11 Å². The molecule has 0 saturated carbocycles. The smallest absolute Gasteiger partial charge is 0.322 e. The molecule has 0 amide bonds. The lowest BCUT2D eigenvalue weighted by Crippen LogP contribution is -2.41. The fourth-order valence-corrected chi connectivity index (χ4v) is 3.82. The predicted molar refractivity (Wildman–Crippen MR) is 60.6 cm³/mol. The van der Waals surface area contributed by atoms with Crippen molar-refractivity contribution in [3.63, 3.8) is 0 Å². The van der Waals surface area contributed by atoms with E-state index in [1.807, 2.05) is 13.8 Å². The zero-order chi connectivity index (χ0) is 12.3. The van der Waals surface area contributed by atoms with Crippen molar-refractivity contribution >= 4 is 16.0 Å². The van der Waals surface area contributed by atoms with Gasteiger partial charge in [-0.15, -0.1) is 0 Å². The summed E-state index contributed by atoms with van der Waals surface area (Å²) < 4.78 is 25.0. The Balaban J connectivity index is 2.71. The highest BCUT2D eigenvalue weighted by atomic mass is 32.2. The topological polar surface area (TPSA) is 74.7 Å². The number of sulfonamides is 1. The van der Waals surface area contributed by atoms with Crippen LogP contribution >= 0.6 is 0 Å². The summed E-state index contributed by atoms with van der Waals surface area (Å²) in [6, 6.07) is -0.850. The second-order valence-corrected chi connectivity index (χ2v) is 6.65. The lowest BCUT2D eigenvalue weighted by atomic mass is 10.2. The van der Waals surface area contributed by atoms with E-state index in [0.29, 0.717) is 31.7 Å². The summed E-state index contributed by atoms with van der Waals surface area (Å²) >= 11 is 0. The van der Waals surface area contributed by atoms with Crippen molar-refractivity contribution in [1.82, 2.24) is 4.31 Å². The lowest BCUT2D eigenvalue weighted by Gasteiger charge is -2.21.